The predicted octanol–water partition coefficient (Wildman–Crippen LogP) is 3.33. The molecular formula is C20H25N5OS. The van der Waals surface area contributed by atoms with Crippen molar-refractivity contribution in [2.24, 2.45) is 0 Å². The van der Waals surface area contributed by atoms with Crippen molar-refractivity contribution in [1.82, 2.24) is 19.4 Å². The van der Waals surface area contributed by atoms with Gasteiger partial charge in [0.1, 0.15) is 5.03 Å². The minimum Gasteiger partial charge on any atom is -0.308 e. The number of nitrogens with zero attached hydrogens (tertiary/aromatic N) is 3. The van der Waals surface area contributed by atoms with Crippen LogP contribution in [0.5, 0.6) is 0 Å². The van der Waals surface area contributed by atoms with Crippen molar-refractivity contribution in [3.63, 3.8) is 0 Å². The third kappa shape index (κ3) is 4.04. The maximum atomic E-state index is 12.5. The molecule has 1 aromatic heterocycles. The Morgan fingerprint density at radius 3 is 3.07 bits per heavy atom. The first-order valence-electron chi connectivity index (χ1n) is 9.36. The maximum absolute atomic E-state index is 12.5. The Balaban J connectivity index is 1.39. The number of benzene rings is 1. The molecule has 2 aliphatic carbocycles. The fraction of sp³-hybridized carbons (Fsp3) is 0.400. The Morgan fingerprint density at radius 2 is 2.22 bits per heavy atom. The molecule has 0 saturated heterocycles. The van der Waals surface area contributed by atoms with Crippen LogP contribution in [-0.4, -0.2) is 41.4 Å². The highest BCUT2D eigenvalue weighted by atomic mass is 32.2. The highest BCUT2D eigenvalue weighted by Gasteiger charge is 2.23. The summed E-state index contributed by atoms with van der Waals surface area (Å²) in [4.78, 5) is 14.6. The van der Waals surface area contributed by atoms with Crippen LogP contribution in [0.1, 0.15) is 28.7 Å². The summed E-state index contributed by atoms with van der Waals surface area (Å²) in [5.41, 5.74) is 6.17. The lowest BCUT2D eigenvalue weighted by Gasteiger charge is -2.15. The minimum absolute atomic E-state index is 0.203. The first kappa shape index (κ1) is 18.1. The third-order valence-corrected chi connectivity index (χ3v) is 5.74. The molecule has 1 aromatic carbocycles. The number of nitrogens with one attached hydrogen (secondary N) is 2. The Kier molecular flexibility index (Phi) is 5.22. The average molecular weight is 384 g/mol. The van der Waals surface area contributed by atoms with Gasteiger partial charge in [0.2, 0.25) is 0 Å². The number of aromatic nitrogens is 2. The Hall–Kier alpha value is -2.25. The molecule has 0 spiro atoms. The van der Waals surface area contributed by atoms with Crippen molar-refractivity contribution in [2.45, 2.75) is 37.3 Å². The molecule has 142 valence electrons. The van der Waals surface area contributed by atoms with Crippen LogP contribution >= 0.6 is 11.9 Å². The van der Waals surface area contributed by atoms with E-state index in [1.807, 2.05) is 31.0 Å². The zero-order chi connectivity index (χ0) is 18.8. The molecular weight excluding hydrogens is 358 g/mol. The number of anilines is 1. The zero-order valence-electron chi connectivity index (χ0n) is 15.8. The number of urea groups is 1. The average Bonchev–Trinajstić information content (AvgIpc) is 3.38. The topological polar surface area (TPSA) is 62.2 Å². The van der Waals surface area contributed by atoms with E-state index in [0.29, 0.717) is 0 Å². The summed E-state index contributed by atoms with van der Waals surface area (Å²) in [5.74, 6) is 0. The number of amides is 2. The summed E-state index contributed by atoms with van der Waals surface area (Å²) in [6, 6.07) is 4.03. The van der Waals surface area contributed by atoms with Gasteiger partial charge >= 0.3 is 6.03 Å². The summed E-state index contributed by atoms with van der Waals surface area (Å²) < 4.78 is 4.76. The van der Waals surface area contributed by atoms with Gasteiger partial charge in [0.25, 0.3) is 0 Å². The van der Waals surface area contributed by atoms with Gasteiger partial charge in [-0.1, -0.05) is 18.2 Å². The molecule has 0 fully saturated rings. The molecule has 2 aromatic rings. The van der Waals surface area contributed by atoms with E-state index in [-0.39, 0.29) is 6.03 Å². The molecule has 0 bridgehead atoms. The van der Waals surface area contributed by atoms with Crippen LogP contribution in [0, 0.1) is 0 Å². The smallest absolute Gasteiger partial charge is 0.308 e. The number of likely N-dealkylation sites (N-methyl/N-ethyl adjacent to an activating group) is 1. The third-order valence-electron chi connectivity index (χ3n) is 5.03. The molecule has 2 aliphatic rings. The van der Waals surface area contributed by atoms with E-state index in [1.54, 1.807) is 0 Å². The largest absolute Gasteiger partial charge is 0.329 e. The van der Waals surface area contributed by atoms with E-state index in [0.717, 1.165) is 49.5 Å². The second-order valence-corrected chi connectivity index (χ2v) is 8.13. The van der Waals surface area contributed by atoms with Gasteiger partial charge in [-0.25, -0.2) is 4.79 Å². The van der Waals surface area contributed by atoms with Gasteiger partial charge in [-0.2, -0.15) is 5.10 Å². The molecule has 1 heterocycles. The second-order valence-electron chi connectivity index (χ2n) is 7.30. The fourth-order valence-electron chi connectivity index (χ4n) is 3.69. The van der Waals surface area contributed by atoms with E-state index >= 15 is 0 Å². The van der Waals surface area contributed by atoms with E-state index in [1.165, 1.54) is 34.2 Å². The minimum atomic E-state index is -0.203. The van der Waals surface area contributed by atoms with E-state index < -0.39 is 0 Å². The molecule has 0 unspecified atom stereocenters. The van der Waals surface area contributed by atoms with Crippen molar-refractivity contribution in [3.8, 4) is 0 Å². The highest BCUT2D eigenvalue weighted by molar-refractivity contribution is 7.97. The molecule has 2 amide bonds. The number of fused-ring (bicyclic) bond motifs is 2. The summed E-state index contributed by atoms with van der Waals surface area (Å²) in [6.45, 7) is 1.76. The molecule has 0 radical (unpaired) electrons. The Labute approximate surface area is 164 Å². The van der Waals surface area contributed by atoms with Gasteiger partial charge in [0.05, 0.1) is 12.2 Å². The molecule has 6 nitrogen and oxygen atoms in total. The lowest BCUT2D eigenvalue weighted by Crippen LogP contribution is -2.24. The number of allylic oxidation sites excluding steroid dienone is 1. The van der Waals surface area contributed by atoms with Crippen LogP contribution in [-0.2, 0) is 25.8 Å². The number of hydrogen-bond acceptors (Lipinski definition) is 4. The Morgan fingerprint density at radius 1 is 1.33 bits per heavy atom. The van der Waals surface area contributed by atoms with Crippen LogP contribution in [0.2, 0.25) is 0 Å². The van der Waals surface area contributed by atoms with Crippen molar-refractivity contribution in [2.75, 3.05) is 26.0 Å². The molecule has 0 saturated carbocycles. The number of carbonyl (C=O) groups excluding carboxylic acids is 1. The normalized spacial score (nSPS) is 14.5. The number of hydrogen-bond donors (Lipinski definition) is 2. The Bertz CT molecular complexity index is 886. The van der Waals surface area contributed by atoms with Crippen molar-refractivity contribution in [1.29, 1.82) is 0 Å². The van der Waals surface area contributed by atoms with Crippen molar-refractivity contribution in [3.05, 3.63) is 46.7 Å². The molecule has 27 heavy (non-hydrogen) atoms. The van der Waals surface area contributed by atoms with Gasteiger partial charge in [-0.15, -0.1) is 0 Å². The highest BCUT2D eigenvalue weighted by Crippen LogP contribution is 2.37. The van der Waals surface area contributed by atoms with E-state index in [4.69, 9.17) is 0 Å². The van der Waals surface area contributed by atoms with Gasteiger partial charge in [-0.05, 0) is 62.5 Å². The number of carbonyl (C=O) groups is 1. The molecule has 0 aliphatic heterocycles. The summed E-state index contributed by atoms with van der Waals surface area (Å²) in [5, 5.41) is 8.36. The van der Waals surface area contributed by atoms with Gasteiger partial charge < -0.3 is 10.2 Å². The van der Waals surface area contributed by atoms with Crippen molar-refractivity contribution >= 4 is 29.7 Å². The lowest BCUT2D eigenvalue weighted by atomic mass is 9.98. The zero-order valence-corrected chi connectivity index (χ0v) is 16.6. The van der Waals surface area contributed by atoms with Crippen LogP contribution in [0.15, 0.2) is 29.4 Å². The maximum Gasteiger partial charge on any atom is 0.329 e. The molecule has 7 heteroatoms. The van der Waals surface area contributed by atoms with Gasteiger partial charge in [0, 0.05) is 30.3 Å². The van der Waals surface area contributed by atoms with Crippen LogP contribution in [0.25, 0.3) is 6.08 Å². The molecule has 0 atom stereocenters. The number of rotatable bonds is 6. The summed E-state index contributed by atoms with van der Waals surface area (Å²) in [6.07, 6.45) is 10.5. The summed E-state index contributed by atoms with van der Waals surface area (Å²) >= 11 is 1.24. The predicted molar refractivity (Wildman–Crippen MR) is 110 cm³/mol. The van der Waals surface area contributed by atoms with Crippen LogP contribution in [0.4, 0.5) is 10.5 Å². The van der Waals surface area contributed by atoms with Gasteiger partial charge in [-0.3, -0.25) is 9.40 Å². The molecule has 4 rings (SSSR count). The summed E-state index contributed by atoms with van der Waals surface area (Å²) in [7, 11) is 4.08. The monoisotopic (exact) mass is 383 g/mol. The first-order valence-corrected chi connectivity index (χ1v) is 10.2. The quantitative estimate of drug-likeness (QED) is 0.751. The van der Waals surface area contributed by atoms with Crippen LogP contribution < -0.4 is 10.0 Å². The van der Waals surface area contributed by atoms with Gasteiger partial charge in [0.15, 0.2) is 0 Å². The van der Waals surface area contributed by atoms with Crippen LogP contribution in [0.3, 0.4) is 0 Å². The standard InChI is InChI=1S/C20H25N5OS/c1-24(2)11-12-25-10-9-18(22-25)27-23-20(26)21-19-16-7-3-5-14(16)13-15-6-4-8-17(15)19/h3,7,9-10,13H,4-6,8,11-12H2,1-2H3,(H2,21,23,26). The molecule has 2 N–H and O–H groups in total. The van der Waals surface area contributed by atoms with E-state index in [9.17, 15) is 4.79 Å². The number of aryl methyl sites for hydroxylation is 1. The van der Waals surface area contributed by atoms with Crippen molar-refractivity contribution < 1.29 is 4.79 Å². The lowest BCUT2D eigenvalue weighted by molar-refractivity contribution is 0.257. The second kappa shape index (κ2) is 7.78. The fourth-order valence-corrected chi connectivity index (χ4v) is 4.21. The van der Waals surface area contributed by atoms with E-state index in [2.05, 4.69) is 38.3 Å². The SMILES string of the molecule is CN(C)CCn1ccc(SNC(=O)Nc2c3c(cc4c2CCC4)CC=C3)n1. The first-order chi connectivity index (χ1) is 13.1.